The van der Waals surface area contributed by atoms with E-state index in [2.05, 4.69) is 0 Å². The molecular formula is C13H12O2. The molecule has 2 heteroatoms. The fraction of sp³-hybridized carbons (Fsp3) is 0.154. The van der Waals surface area contributed by atoms with Gasteiger partial charge in [0.2, 0.25) is 0 Å². The molecule has 1 aromatic carbocycles. The summed E-state index contributed by atoms with van der Waals surface area (Å²) in [5.41, 5.74) is 2.69. The molecule has 2 aromatic rings. The van der Waals surface area contributed by atoms with Crippen molar-refractivity contribution in [2.24, 2.45) is 0 Å². The SMILES string of the molecule is Cc1cc(C=O)cc(-c2ccc(C)o2)c1. The van der Waals surface area contributed by atoms with Crippen LogP contribution < -0.4 is 0 Å². The Kier molecular flexibility index (Phi) is 2.42. The van der Waals surface area contributed by atoms with Crippen LogP contribution in [0.2, 0.25) is 0 Å². The normalized spacial score (nSPS) is 10.3. The lowest BCUT2D eigenvalue weighted by Crippen LogP contribution is -1.84. The second-order valence-corrected chi connectivity index (χ2v) is 3.66. The van der Waals surface area contributed by atoms with Gasteiger partial charge in [0.15, 0.2) is 0 Å². The zero-order valence-electron chi connectivity index (χ0n) is 8.78. The number of hydrogen-bond donors (Lipinski definition) is 0. The van der Waals surface area contributed by atoms with E-state index in [-0.39, 0.29) is 0 Å². The minimum absolute atomic E-state index is 0.680. The summed E-state index contributed by atoms with van der Waals surface area (Å²) >= 11 is 0. The monoisotopic (exact) mass is 200 g/mol. The molecule has 2 rings (SSSR count). The first-order chi connectivity index (χ1) is 7.19. The lowest BCUT2D eigenvalue weighted by atomic mass is 10.1. The van der Waals surface area contributed by atoms with Crippen LogP contribution in [-0.2, 0) is 0 Å². The van der Waals surface area contributed by atoms with Gasteiger partial charge in [-0.2, -0.15) is 0 Å². The first-order valence-electron chi connectivity index (χ1n) is 4.83. The van der Waals surface area contributed by atoms with Crippen LogP contribution in [0.1, 0.15) is 21.7 Å². The van der Waals surface area contributed by atoms with Crippen molar-refractivity contribution in [3.63, 3.8) is 0 Å². The van der Waals surface area contributed by atoms with E-state index in [0.717, 1.165) is 28.9 Å². The van der Waals surface area contributed by atoms with Crippen molar-refractivity contribution in [1.29, 1.82) is 0 Å². The maximum Gasteiger partial charge on any atom is 0.150 e. The first-order valence-corrected chi connectivity index (χ1v) is 4.83. The van der Waals surface area contributed by atoms with Crippen molar-refractivity contribution in [2.75, 3.05) is 0 Å². The van der Waals surface area contributed by atoms with Crippen molar-refractivity contribution in [3.8, 4) is 11.3 Å². The van der Waals surface area contributed by atoms with Crippen LogP contribution in [0.15, 0.2) is 34.7 Å². The van der Waals surface area contributed by atoms with Gasteiger partial charge in [0.05, 0.1) is 0 Å². The van der Waals surface area contributed by atoms with Crippen molar-refractivity contribution >= 4 is 6.29 Å². The van der Waals surface area contributed by atoms with Gasteiger partial charge < -0.3 is 4.42 Å². The van der Waals surface area contributed by atoms with Gasteiger partial charge >= 0.3 is 0 Å². The first kappa shape index (κ1) is 9.71. The summed E-state index contributed by atoms with van der Waals surface area (Å²) in [4.78, 5) is 10.7. The molecule has 1 aromatic heterocycles. The van der Waals surface area contributed by atoms with Crippen molar-refractivity contribution in [2.45, 2.75) is 13.8 Å². The highest BCUT2D eigenvalue weighted by atomic mass is 16.3. The molecule has 0 aliphatic carbocycles. The lowest BCUT2D eigenvalue weighted by Gasteiger charge is -2.00. The zero-order valence-corrected chi connectivity index (χ0v) is 8.78. The number of hydrogen-bond acceptors (Lipinski definition) is 2. The minimum atomic E-state index is 0.680. The molecule has 0 aliphatic rings. The molecule has 0 radical (unpaired) electrons. The molecule has 0 saturated carbocycles. The molecule has 0 saturated heterocycles. The van der Waals surface area contributed by atoms with E-state index in [1.807, 2.05) is 44.2 Å². The average Bonchev–Trinajstić information content (AvgIpc) is 2.64. The maximum atomic E-state index is 10.7. The van der Waals surface area contributed by atoms with E-state index in [0.29, 0.717) is 5.56 Å². The van der Waals surface area contributed by atoms with Gasteiger partial charge in [-0.1, -0.05) is 0 Å². The summed E-state index contributed by atoms with van der Waals surface area (Å²) < 4.78 is 5.51. The highest BCUT2D eigenvalue weighted by molar-refractivity contribution is 5.78. The molecule has 0 spiro atoms. The van der Waals surface area contributed by atoms with E-state index in [1.54, 1.807) is 0 Å². The highest BCUT2D eigenvalue weighted by Crippen LogP contribution is 2.23. The Balaban J connectivity index is 2.52. The predicted molar refractivity (Wildman–Crippen MR) is 59.0 cm³/mol. The summed E-state index contributed by atoms with van der Waals surface area (Å²) in [5, 5.41) is 0. The second kappa shape index (κ2) is 3.73. The van der Waals surface area contributed by atoms with Crippen LogP contribution in [0.4, 0.5) is 0 Å². The largest absolute Gasteiger partial charge is 0.461 e. The molecule has 15 heavy (non-hydrogen) atoms. The van der Waals surface area contributed by atoms with Gasteiger partial charge in [-0.05, 0) is 49.7 Å². The second-order valence-electron chi connectivity index (χ2n) is 3.66. The van der Waals surface area contributed by atoms with Crippen LogP contribution in [0.25, 0.3) is 11.3 Å². The number of aldehydes is 1. The fourth-order valence-electron chi connectivity index (χ4n) is 1.61. The quantitative estimate of drug-likeness (QED) is 0.695. The standard InChI is InChI=1S/C13H12O2/c1-9-5-11(8-14)7-12(6-9)13-4-3-10(2)15-13/h3-8H,1-2H3. The molecule has 0 N–H and O–H groups in total. The Morgan fingerprint density at radius 2 is 1.93 bits per heavy atom. The molecule has 0 unspecified atom stereocenters. The van der Waals surface area contributed by atoms with E-state index < -0.39 is 0 Å². The Hall–Kier alpha value is -1.83. The molecule has 0 aliphatic heterocycles. The Bertz CT molecular complexity index is 495. The highest BCUT2D eigenvalue weighted by Gasteiger charge is 2.04. The molecular weight excluding hydrogens is 188 g/mol. The third kappa shape index (κ3) is 1.99. The molecule has 1 heterocycles. The van der Waals surface area contributed by atoms with Crippen LogP contribution in [-0.4, -0.2) is 6.29 Å². The molecule has 76 valence electrons. The third-order valence-electron chi connectivity index (χ3n) is 2.26. The van der Waals surface area contributed by atoms with Gasteiger partial charge in [0.1, 0.15) is 17.8 Å². The Morgan fingerprint density at radius 1 is 1.13 bits per heavy atom. The molecule has 0 bridgehead atoms. The summed E-state index contributed by atoms with van der Waals surface area (Å²) in [5.74, 6) is 1.68. The maximum absolute atomic E-state index is 10.7. The summed E-state index contributed by atoms with van der Waals surface area (Å²) in [6, 6.07) is 9.52. The Labute approximate surface area is 88.5 Å². The topological polar surface area (TPSA) is 30.2 Å². The van der Waals surface area contributed by atoms with E-state index >= 15 is 0 Å². The molecule has 0 fully saturated rings. The van der Waals surface area contributed by atoms with Gasteiger partial charge in [0, 0.05) is 11.1 Å². The van der Waals surface area contributed by atoms with Gasteiger partial charge in [-0.25, -0.2) is 0 Å². The van der Waals surface area contributed by atoms with Crippen molar-refractivity contribution in [1.82, 2.24) is 0 Å². The van der Waals surface area contributed by atoms with Gasteiger partial charge in [0.25, 0.3) is 0 Å². The third-order valence-corrected chi connectivity index (χ3v) is 2.26. The van der Waals surface area contributed by atoms with E-state index in [4.69, 9.17) is 4.42 Å². The summed E-state index contributed by atoms with van der Waals surface area (Å²) in [6.45, 7) is 3.87. The smallest absolute Gasteiger partial charge is 0.150 e. The van der Waals surface area contributed by atoms with E-state index in [1.165, 1.54) is 0 Å². The van der Waals surface area contributed by atoms with Gasteiger partial charge in [-0.15, -0.1) is 0 Å². The predicted octanol–water partition coefficient (Wildman–Crippen LogP) is 3.38. The number of carbonyl (C=O) groups excluding carboxylic acids is 1. The Morgan fingerprint density at radius 3 is 2.53 bits per heavy atom. The molecule has 0 atom stereocenters. The number of benzene rings is 1. The van der Waals surface area contributed by atoms with Crippen LogP contribution in [0, 0.1) is 13.8 Å². The average molecular weight is 200 g/mol. The molecule has 0 amide bonds. The minimum Gasteiger partial charge on any atom is -0.461 e. The lowest BCUT2D eigenvalue weighted by molar-refractivity contribution is 0.112. The van der Waals surface area contributed by atoms with Crippen LogP contribution >= 0.6 is 0 Å². The number of aryl methyl sites for hydroxylation is 2. The van der Waals surface area contributed by atoms with Crippen molar-refractivity contribution in [3.05, 3.63) is 47.2 Å². The zero-order chi connectivity index (χ0) is 10.8. The van der Waals surface area contributed by atoms with Crippen LogP contribution in [0.3, 0.4) is 0 Å². The number of furan rings is 1. The van der Waals surface area contributed by atoms with Gasteiger partial charge in [-0.3, -0.25) is 4.79 Å². The summed E-state index contributed by atoms with van der Waals surface area (Å²) in [7, 11) is 0. The fourth-order valence-corrected chi connectivity index (χ4v) is 1.61. The van der Waals surface area contributed by atoms with Crippen molar-refractivity contribution < 1.29 is 9.21 Å². The van der Waals surface area contributed by atoms with Crippen LogP contribution in [0.5, 0.6) is 0 Å². The number of carbonyl (C=O) groups is 1. The molecule has 2 nitrogen and oxygen atoms in total. The van der Waals surface area contributed by atoms with E-state index in [9.17, 15) is 4.79 Å². The summed E-state index contributed by atoms with van der Waals surface area (Å²) in [6.07, 6.45) is 0.853. The number of rotatable bonds is 2.